The van der Waals surface area contributed by atoms with Gasteiger partial charge >= 0.3 is 0 Å². The highest BCUT2D eigenvalue weighted by Gasteiger charge is 2.39. The summed E-state index contributed by atoms with van der Waals surface area (Å²) in [5.41, 5.74) is 6.41. The minimum atomic E-state index is -0.460. The first-order valence-electron chi connectivity index (χ1n) is 6.13. The third-order valence-corrected chi connectivity index (χ3v) is 3.86. The van der Waals surface area contributed by atoms with E-state index < -0.39 is 5.54 Å². The van der Waals surface area contributed by atoms with E-state index in [1.807, 2.05) is 0 Å². The van der Waals surface area contributed by atoms with Crippen molar-refractivity contribution in [3.05, 3.63) is 46.3 Å². The standard InChI is InChI=1S/C13H13ClFN3O/c14-10-7-9(15)3-2-8(10)6-11-17-12(19-18-11)13(16)4-1-5-13/h2-3,7H,1,4-6,16H2. The lowest BCUT2D eigenvalue weighted by Crippen LogP contribution is -2.43. The highest BCUT2D eigenvalue weighted by atomic mass is 35.5. The van der Waals surface area contributed by atoms with E-state index in [-0.39, 0.29) is 5.82 Å². The van der Waals surface area contributed by atoms with Gasteiger partial charge in [-0.1, -0.05) is 22.8 Å². The molecule has 19 heavy (non-hydrogen) atoms. The normalized spacial score (nSPS) is 17.2. The first-order chi connectivity index (χ1) is 9.07. The second-order valence-electron chi connectivity index (χ2n) is 4.94. The van der Waals surface area contributed by atoms with Crippen LogP contribution in [0.1, 0.15) is 36.5 Å². The molecule has 0 bridgehead atoms. The summed E-state index contributed by atoms with van der Waals surface area (Å²) in [6, 6.07) is 4.25. The number of nitrogens with zero attached hydrogens (tertiary/aromatic N) is 2. The summed E-state index contributed by atoms with van der Waals surface area (Å²) < 4.78 is 18.2. The molecule has 1 aromatic heterocycles. The van der Waals surface area contributed by atoms with Gasteiger partial charge in [-0.25, -0.2) is 4.39 Å². The van der Waals surface area contributed by atoms with E-state index in [0.29, 0.717) is 23.2 Å². The van der Waals surface area contributed by atoms with E-state index in [2.05, 4.69) is 10.1 Å². The van der Waals surface area contributed by atoms with Gasteiger partial charge in [0, 0.05) is 11.4 Å². The van der Waals surface area contributed by atoms with Crippen molar-refractivity contribution in [2.24, 2.45) is 5.73 Å². The SMILES string of the molecule is NC1(c2nc(Cc3ccc(F)cc3Cl)no2)CCC1. The zero-order valence-corrected chi connectivity index (χ0v) is 11.0. The molecule has 1 aliphatic carbocycles. The Morgan fingerprint density at radius 2 is 2.21 bits per heavy atom. The van der Waals surface area contributed by atoms with Crippen molar-refractivity contribution in [3.8, 4) is 0 Å². The number of benzene rings is 1. The molecule has 0 unspecified atom stereocenters. The predicted octanol–water partition coefficient (Wildman–Crippen LogP) is 2.79. The minimum Gasteiger partial charge on any atom is -0.337 e. The van der Waals surface area contributed by atoms with Gasteiger partial charge in [0.05, 0.1) is 5.54 Å². The molecule has 1 heterocycles. The fourth-order valence-corrected chi connectivity index (χ4v) is 2.37. The lowest BCUT2D eigenvalue weighted by atomic mass is 9.78. The van der Waals surface area contributed by atoms with Gasteiger partial charge in [0.2, 0.25) is 5.89 Å². The van der Waals surface area contributed by atoms with E-state index >= 15 is 0 Å². The zero-order valence-electron chi connectivity index (χ0n) is 10.2. The molecule has 2 aromatic rings. The summed E-state index contributed by atoms with van der Waals surface area (Å²) >= 11 is 5.96. The quantitative estimate of drug-likeness (QED) is 0.939. The van der Waals surface area contributed by atoms with Gasteiger partial charge in [-0.2, -0.15) is 4.98 Å². The molecule has 1 aliphatic rings. The summed E-state index contributed by atoms with van der Waals surface area (Å²) in [5, 5.41) is 4.26. The number of nitrogens with two attached hydrogens (primary N) is 1. The average molecular weight is 282 g/mol. The van der Waals surface area contributed by atoms with Crippen molar-refractivity contribution in [2.75, 3.05) is 0 Å². The van der Waals surface area contributed by atoms with Crippen LogP contribution >= 0.6 is 11.6 Å². The first-order valence-corrected chi connectivity index (χ1v) is 6.50. The topological polar surface area (TPSA) is 64.9 Å². The number of rotatable bonds is 3. The van der Waals surface area contributed by atoms with E-state index in [4.69, 9.17) is 21.9 Å². The largest absolute Gasteiger partial charge is 0.337 e. The highest BCUT2D eigenvalue weighted by molar-refractivity contribution is 6.31. The molecule has 6 heteroatoms. The van der Waals surface area contributed by atoms with Crippen LogP contribution in [0, 0.1) is 5.82 Å². The Bertz CT molecular complexity index is 610. The molecule has 100 valence electrons. The fourth-order valence-electron chi connectivity index (χ4n) is 2.13. The minimum absolute atomic E-state index is 0.359. The van der Waals surface area contributed by atoms with Crippen molar-refractivity contribution in [2.45, 2.75) is 31.2 Å². The third kappa shape index (κ3) is 2.35. The van der Waals surface area contributed by atoms with E-state index in [1.165, 1.54) is 12.1 Å². The molecular formula is C13H13ClFN3O. The molecule has 0 spiro atoms. The molecule has 1 saturated carbocycles. The van der Waals surface area contributed by atoms with Gasteiger partial charge in [0.1, 0.15) is 5.82 Å². The van der Waals surface area contributed by atoms with Crippen molar-refractivity contribution < 1.29 is 8.91 Å². The Labute approximate surface area is 114 Å². The van der Waals surface area contributed by atoms with E-state index in [9.17, 15) is 4.39 Å². The van der Waals surface area contributed by atoms with Crippen LogP contribution in [0.5, 0.6) is 0 Å². The maximum absolute atomic E-state index is 12.9. The van der Waals surface area contributed by atoms with Gasteiger partial charge in [-0.3, -0.25) is 0 Å². The van der Waals surface area contributed by atoms with Crippen molar-refractivity contribution >= 4 is 11.6 Å². The zero-order chi connectivity index (χ0) is 13.5. The molecule has 0 atom stereocenters. The molecule has 1 aromatic carbocycles. The second-order valence-corrected chi connectivity index (χ2v) is 5.35. The molecule has 0 amide bonds. The van der Waals surface area contributed by atoms with Crippen LogP contribution in [0.4, 0.5) is 4.39 Å². The summed E-state index contributed by atoms with van der Waals surface area (Å²) in [6.07, 6.45) is 3.22. The van der Waals surface area contributed by atoms with Crippen molar-refractivity contribution in [3.63, 3.8) is 0 Å². The summed E-state index contributed by atoms with van der Waals surface area (Å²) in [7, 11) is 0. The number of aromatic nitrogens is 2. The van der Waals surface area contributed by atoms with Crippen LogP contribution in [0.2, 0.25) is 5.02 Å². The van der Waals surface area contributed by atoms with Gasteiger partial charge < -0.3 is 10.3 Å². The average Bonchev–Trinajstić information content (AvgIpc) is 2.79. The molecule has 0 aliphatic heterocycles. The van der Waals surface area contributed by atoms with Crippen LogP contribution in [0.25, 0.3) is 0 Å². The van der Waals surface area contributed by atoms with Gasteiger partial charge in [0.15, 0.2) is 5.82 Å². The number of halogens is 2. The van der Waals surface area contributed by atoms with E-state index in [1.54, 1.807) is 6.07 Å². The Morgan fingerprint density at radius 3 is 2.84 bits per heavy atom. The van der Waals surface area contributed by atoms with Gasteiger partial charge in [-0.15, -0.1) is 0 Å². The molecule has 0 radical (unpaired) electrons. The molecular weight excluding hydrogens is 269 g/mol. The summed E-state index contributed by atoms with van der Waals surface area (Å²) in [5.74, 6) is 0.630. The second kappa shape index (κ2) is 4.58. The lowest BCUT2D eigenvalue weighted by Gasteiger charge is -2.33. The van der Waals surface area contributed by atoms with Crippen LogP contribution in [-0.4, -0.2) is 10.1 Å². The van der Waals surface area contributed by atoms with Crippen LogP contribution in [-0.2, 0) is 12.0 Å². The maximum Gasteiger partial charge on any atom is 0.246 e. The van der Waals surface area contributed by atoms with Crippen molar-refractivity contribution in [1.82, 2.24) is 10.1 Å². The van der Waals surface area contributed by atoms with Crippen LogP contribution in [0.15, 0.2) is 22.7 Å². The highest BCUT2D eigenvalue weighted by Crippen LogP contribution is 2.37. The Balaban J connectivity index is 1.80. The Hall–Kier alpha value is -1.46. The number of hydrogen-bond acceptors (Lipinski definition) is 4. The van der Waals surface area contributed by atoms with Gasteiger partial charge in [0.25, 0.3) is 0 Å². The van der Waals surface area contributed by atoms with Crippen LogP contribution in [0.3, 0.4) is 0 Å². The van der Waals surface area contributed by atoms with Crippen molar-refractivity contribution in [1.29, 1.82) is 0 Å². The predicted molar refractivity (Wildman–Crippen MR) is 68.2 cm³/mol. The fraction of sp³-hybridized carbons (Fsp3) is 0.385. The smallest absolute Gasteiger partial charge is 0.246 e. The summed E-state index contributed by atoms with van der Waals surface area (Å²) in [4.78, 5) is 4.31. The maximum atomic E-state index is 12.9. The molecule has 3 rings (SSSR count). The van der Waals surface area contributed by atoms with Crippen LogP contribution < -0.4 is 5.73 Å². The van der Waals surface area contributed by atoms with E-state index in [0.717, 1.165) is 24.8 Å². The monoisotopic (exact) mass is 281 g/mol. The van der Waals surface area contributed by atoms with Gasteiger partial charge in [-0.05, 0) is 37.0 Å². The lowest BCUT2D eigenvalue weighted by molar-refractivity contribution is 0.181. The Morgan fingerprint density at radius 1 is 1.42 bits per heavy atom. The molecule has 0 saturated heterocycles. The molecule has 1 fully saturated rings. The molecule has 4 nitrogen and oxygen atoms in total. The third-order valence-electron chi connectivity index (χ3n) is 3.50. The first kappa shape index (κ1) is 12.6. The molecule has 2 N–H and O–H groups in total. The Kier molecular flexibility index (Phi) is 3.03. The summed E-state index contributed by atoms with van der Waals surface area (Å²) in [6.45, 7) is 0. The number of hydrogen-bond donors (Lipinski definition) is 1.